The summed E-state index contributed by atoms with van der Waals surface area (Å²) in [6, 6.07) is 3.53. The van der Waals surface area contributed by atoms with E-state index in [4.69, 9.17) is 4.74 Å². The number of pyridine rings is 1. The van der Waals surface area contributed by atoms with Gasteiger partial charge in [0, 0.05) is 26.5 Å². The van der Waals surface area contributed by atoms with Crippen molar-refractivity contribution < 1.29 is 14.3 Å². The molecule has 0 bridgehead atoms. The predicted octanol–water partition coefficient (Wildman–Crippen LogP) is 0.994. The summed E-state index contributed by atoms with van der Waals surface area (Å²) in [5.41, 5.74) is 1.37. The Kier molecular flexibility index (Phi) is 6.21. The normalized spacial score (nSPS) is 10.2. The van der Waals surface area contributed by atoms with Crippen LogP contribution in [0.5, 0.6) is 0 Å². The van der Waals surface area contributed by atoms with Crippen LogP contribution in [0.25, 0.3) is 0 Å². The first-order valence-corrected chi connectivity index (χ1v) is 5.51. The lowest BCUT2D eigenvalue weighted by molar-refractivity contribution is 0.0600. The molecule has 0 unspecified atom stereocenters. The van der Waals surface area contributed by atoms with Crippen LogP contribution in [0.1, 0.15) is 22.5 Å². The number of ether oxygens (including phenoxy) is 2. The minimum atomic E-state index is -0.364. The molecular formula is C12H18N2O3. The Labute approximate surface area is 101 Å². The maximum Gasteiger partial charge on any atom is 0.339 e. The molecule has 0 radical (unpaired) electrons. The number of methoxy groups -OCH3 is 2. The van der Waals surface area contributed by atoms with Crippen LogP contribution >= 0.6 is 0 Å². The Morgan fingerprint density at radius 1 is 1.41 bits per heavy atom. The highest BCUT2D eigenvalue weighted by Gasteiger charge is 2.04. The fourth-order valence-corrected chi connectivity index (χ4v) is 1.33. The summed E-state index contributed by atoms with van der Waals surface area (Å²) in [6.45, 7) is 2.32. The van der Waals surface area contributed by atoms with Crippen molar-refractivity contribution in [3.8, 4) is 0 Å². The van der Waals surface area contributed by atoms with Crippen molar-refractivity contribution in [2.24, 2.45) is 0 Å². The molecule has 0 aliphatic rings. The van der Waals surface area contributed by atoms with Crippen molar-refractivity contribution in [2.75, 3.05) is 27.4 Å². The van der Waals surface area contributed by atoms with Gasteiger partial charge >= 0.3 is 5.97 Å². The van der Waals surface area contributed by atoms with Gasteiger partial charge in [-0.15, -0.1) is 0 Å². The van der Waals surface area contributed by atoms with E-state index in [-0.39, 0.29) is 5.97 Å². The van der Waals surface area contributed by atoms with Crippen LogP contribution in [0.4, 0.5) is 0 Å². The lowest BCUT2D eigenvalue weighted by Crippen LogP contribution is -2.17. The van der Waals surface area contributed by atoms with Crippen LogP contribution < -0.4 is 5.32 Å². The maximum absolute atomic E-state index is 11.2. The molecule has 0 aliphatic heterocycles. The summed E-state index contributed by atoms with van der Waals surface area (Å²) < 4.78 is 9.53. The fraction of sp³-hybridized carbons (Fsp3) is 0.500. The van der Waals surface area contributed by atoms with E-state index in [0.29, 0.717) is 12.1 Å². The highest BCUT2D eigenvalue weighted by molar-refractivity contribution is 5.88. The highest BCUT2D eigenvalue weighted by atomic mass is 16.5. The highest BCUT2D eigenvalue weighted by Crippen LogP contribution is 2.01. The fourth-order valence-electron chi connectivity index (χ4n) is 1.33. The molecule has 1 rings (SSSR count). The van der Waals surface area contributed by atoms with Gasteiger partial charge in [0.25, 0.3) is 0 Å². The van der Waals surface area contributed by atoms with Crippen LogP contribution in [0, 0.1) is 0 Å². The van der Waals surface area contributed by atoms with Gasteiger partial charge in [-0.1, -0.05) is 0 Å². The molecule has 1 heterocycles. The zero-order chi connectivity index (χ0) is 12.5. The first-order valence-electron chi connectivity index (χ1n) is 5.51. The van der Waals surface area contributed by atoms with Gasteiger partial charge in [-0.3, -0.25) is 4.98 Å². The topological polar surface area (TPSA) is 60.5 Å². The molecule has 94 valence electrons. The van der Waals surface area contributed by atoms with E-state index < -0.39 is 0 Å². The molecule has 0 saturated carbocycles. The van der Waals surface area contributed by atoms with E-state index in [1.807, 2.05) is 6.07 Å². The molecule has 1 aromatic rings. The smallest absolute Gasteiger partial charge is 0.339 e. The Morgan fingerprint density at radius 2 is 2.24 bits per heavy atom. The first kappa shape index (κ1) is 13.6. The third kappa shape index (κ3) is 4.93. The monoisotopic (exact) mass is 238 g/mol. The van der Waals surface area contributed by atoms with Gasteiger partial charge in [-0.25, -0.2) is 4.79 Å². The van der Waals surface area contributed by atoms with Crippen LogP contribution in [-0.4, -0.2) is 38.3 Å². The summed E-state index contributed by atoms with van der Waals surface area (Å²) in [7, 11) is 3.04. The van der Waals surface area contributed by atoms with Gasteiger partial charge in [-0.2, -0.15) is 0 Å². The van der Waals surface area contributed by atoms with E-state index in [1.165, 1.54) is 13.3 Å². The number of aromatic nitrogens is 1. The number of carbonyl (C=O) groups excluding carboxylic acids is 1. The average molecular weight is 238 g/mol. The van der Waals surface area contributed by atoms with Gasteiger partial charge in [0.15, 0.2) is 0 Å². The molecule has 0 spiro atoms. The Bertz CT molecular complexity index is 338. The molecule has 0 amide bonds. The SMILES string of the molecule is COCCCNCc1ccc(C(=O)OC)cn1. The molecule has 1 aromatic heterocycles. The zero-order valence-electron chi connectivity index (χ0n) is 10.2. The quantitative estimate of drug-likeness (QED) is 0.567. The summed E-state index contributed by atoms with van der Waals surface area (Å²) in [4.78, 5) is 15.3. The molecule has 0 atom stereocenters. The largest absolute Gasteiger partial charge is 0.465 e. The van der Waals surface area contributed by atoms with Crippen LogP contribution in [-0.2, 0) is 16.0 Å². The summed E-state index contributed by atoms with van der Waals surface area (Å²) in [6.07, 6.45) is 2.49. The molecular weight excluding hydrogens is 220 g/mol. The Morgan fingerprint density at radius 3 is 2.82 bits per heavy atom. The van der Waals surface area contributed by atoms with Crippen LogP contribution in [0.15, 0.2) is 18.3 Å². The van der Waals surface area contributed by atoms with Gasteiger partial charge in [0.2, 0.25) is 0 Å². The molecule has 5 nitrogen and oxygen atoms in total. The standard InChI is InChI=1S/C12H18N2O3/c1-16-7-3-6-13-9-11-5-4-10(8-14-11)12(15)17-2/h4-5,8,13H,3,6-7,9H2,1-2H3. The second kappa shape index (κ2) is 7.76. The molecule has 1 N–H and O–H groups in total. The molecule has 17 heavy (non-hydrogen) atoms. The number of hydrogen-bond acceptors (Lipinski definition) is 5. The molecule has 0 saturated heterocycles. The third-order valence-corrected chi connectivity index (χ3v) is 2.25. The summed E-state index contributed by atoms with van der Waals surface area (Å²) in [5.74, 6) is -0.364. The first-order chi connectivity index (χ1) is 8.27. The minimum Gasteiger partial charge on any atom is -0.465 e. The zero-order valence-corrected chi connectivity index (χ0v) is 10.2. The average Bonchev–Trinajstić information content (AvgIpc) is 2.38. The van der Waals surface area contributed by atoms with Gasteiger partial charge in [-0.05, 0) is 25.1 Å². The molecule has 0 fully saturated rings. The lowest BCUT2D eigenvalue weighted by atomic mass is 10.2. The second-order valence-electron chi connectivity index (χ2n) is 3.55. The van der Waals surface area contributed by atoms with Crippen LogP contribution in [0.3, 0.4) is 0 Å². The molecule has 0 aliphatic carbocycles. The van der Waals surface area contributed by atoms with Gasteiger partial charge in [0.05, 0.1) is 18.4 Å². The number of esters is 1. The van der Waals surface area contributed by atoms with E-state index in [1.54, 1.807) is 13.2 Å². The van der Waals surface area contributed by atoms with Crippen molar-refractivity contribution in [3.63, 3.8) is 0 Å². The number of rotatable bonds is 7. The Balaban J connectivity index is 2.33. The predicted molar refractivity (Wildman–Crippen MR) is 63.8 cm³/mol. The second-order valence-corrected chi connectivity index (χ2v) is 3.55. The third-order valence-electron chi connectivity index (χ3n) is 2.25. The molecule has 0 aromatic carbocycles. The van der Waals surface area contributed by atoms with Crippen molar-refractivity contribution in [2.45, 2.75) is 13.0 Å². The van der Waals surface area contributed by atoms with Crippen molar-refractivity contribution in [3.05, 3.63) is 29.6 Å². The molecule has 5 heteroatoms. The lowest BCUT2D eigenvalue weighted by Gasteiger charge is -2.04. The summed E-state index contributed by atoms with van der Waals surface area (Å²) >= 11 is 0. The van der Waals surface area contributed by atoms with Crippen molar-refractivity contribution >= 4 is 5.97 Å². The van der Waals surface area contributed by atoms with Gasteiger partial charge < -0.3 is 14.8 Å². The van der Waals surface area contributed by atoms with Crippen LogP contribution in [0.2, 0.25) is 0 Å². The van der Waals surface area contributed by atoms with Gasteiger partial charge in [0.1, 0.15) is 0 Å². The van der Waals surface area contributed by atoms with Crippen molar-refractivity contribution in [1.29, 1.82) is 0 Å². The number of carbonyl (C=O) groups is 1. The minimum absolute atomic E-state index is 0.364. The Hall–Kier alpha value is -1.46. The number of nitrogens with one attached hydrogen (secondary N) is 1. The number of hydrogen-bond donors (Lipinski definition) is 1. The van der Waals surface area contributed by atoms with E-state index in [0.717, 1.165) is 25.3 Å². The van der Waals surface area contributed by atoms with E-state index in [9.17, 15) is 4.79 Å². The van der Waals surface area contributed by atoms with E-state index >= 15 is 0 Å². The van der Waals surface area contributed by atoms with E-state index in [2.05, 4.69) is 15.0 Å². The maximum atomic E-state index is 11.2. The summed E-state index contributed by atoms with van der Waals surface area (Å²) in [5, 5.41) is 3.24. The van der Waals surface area contributed by atoms with Crippen molar-refractivity contribution in [1.82, 2.24) is 10.3 Å². The number of nitrogens with zero attached hydrogens (tertiary/aromatic N) is 1.